The Balaban J connectivity index is 1.37. The van der Waals surface area contributed by atoms with Crippen molar-refractivity contribution in [3.63, 3.8) is 0 Å². The number of fused-ring (bicyclic) bond motifs is 1. The van der Waals surface area contributed by atoms with Crippen LogP contribution < -0.4 is 10.9 Å². The average Bonchev–Trinajstić information content (AvgIpc) is 3.30. The van der Waals surface area contributed by atoms with Gasteiger partial charge in [0.25, 0.3) is 5.56 Å². The SMILES string of the molecule is Cc1cccc2c(=O)n(CCC(=O)NCC(c3cccs3)N3CCC(C)CC3)cnc12. The molecule has 0 bridgehead atoms. The van der Waals surface area contributed by atoms with E-state index in [-0.39, 0.29) is 23.9 Å². The van der Waals surface area contributed by atoms with Gasteiger partial charge in [0, 0.05) is 24.4 Å². The van der Waals surface area contributed by atoms with Gasteiger partial charge in [-0.1, -0.05) is 25.1 Å². The van der Waals surface area contributed by atoms with E-state index < -0.39 is 0 Å². The molecule has 1 fully saturated rings. The van der Waals surface area contributed by atoms with Gasteiger partial charge in [-0.05, 0) is 61.8 Å². The number of likely N-dealkylation sites (tertiary alicyclic amines) is 1. The Morgan fingerprint density at radius 2 is 2.06 bits per heavy atom. The Bertz CT molecular complexity index is 1080. The summed E-state index contributed by atoms with van der Waals surface area (Å²) >= 11 is 1.74. The molecule has 1 amide bonds. The maximum atomic E-state index is 12.7. The lowest BCUT2D eigenvalue weighted by Gasteiger charge is -2.36. The van der Waals surface area contributed by atoms with Crippen molar-refractivity contribution in [3.8, 4) is 0 Å². The van der Waals surface area contributed by atoms with Crippen LogP contribution in [0.1, 0.15) is 42.7 Å². The topological polar surface area (TPSA) is 67.2 Å². The molecule has 1 saturated heterocycles. The molecule has 1 aliphatic rings. The molecule has 164 valence electrons. The van der Waals surface area contributed by atoms with Crippen molar-refractivity contribution in [1.29, 1.82) is 0 Å². The molecule has 0 spiro atoms. The predicted octanol–water partition coefficient (Wildman–Crippen LogP) is 3.75. The number of nitrogens with one attached hydrogen (secondary N) is 1. The number of aryl methyl sites for hydroxylation is 2. The first-order valence-corrected chi connectivity index (χ1v) is 11.9. The summed E-state index contributed by atoms with van der Waals surface area (Å²) in [6.07, 6.45) is 4.21. The van der Waals surface area contributed by atoms with E-state index in [2.05, 4.69) is 39.6 Å². The van der Waals surface area contributed by atoms with E-state index in [0.717, 1.165) is 30.1 Å². The lowest BCUT2D eigenvalue weighted by molar-refractivity contribution is -0.121. The molecule has 4 rings (SSSR count). The smallest absolute Gasteiger partial charge is 0.261 e. The number of thiophene rings is 1. The average molecular weight is 439 g/mol. The van der Waals surface area contributed by atoms with Crippen LogP contribution in [0.3, 0.4) is 0 Å². The van der Waals surface area contributed by atoms with E-state index in [1.807, 2.05) is 19.1 Å². The number of hydrogen-bond acceptors (Lipinski definition) is 5. The van der Waals surface area contributed by atoms with E-state index >= 15 is 0 Å². The molecule has 3 aromatic rings. The van der Waals surface area contributed by atoms with Crippen molar-refractivity contribution < 1.29 is 4.79 Å². The van der Waals surface area contributed by atoms with Crippen molar-refractivity contribution in [2.45, 2.75) is 45.7 Å². The quantitative estimate of drug-likeness (QED) is 0.610. The van der Waals surface area contributed by atoms with E-state index in [0.29, 0.717) is 18.5 Å². The maximum absolute atomic E-state index is 12.7. The highest BCUT2D eigenvalue weighted by Crippen LogP contribution is 2.29. The third-order valence-corrected chi connectivity index (χ3v) is 7.23. The fourth-order valence-corrected chi connectivity index (χ4v) is 5.11. The predicted molar refractivity (Wildman–Crippen MR) is 125 cm³/mol. The Kier molecular flexibility index (Phi) is 6.83. The molecule has 7 heteroatoms. The molecule has 1 aromatic carbocycles. The van der Waals surface area contributed by atoms with Gasteiger partial charge in [-0.2, -0.15) is 0 Å². The van der Waals surface area contributed by atoms with Crippen molar-refractivity contribution in [1.82, 2.24) is 19.8 Å². The molecule has 0 saturated carbocycles. The highest BCUT2D eigenvalue weighted by Gasteiger charge is 2.25. The second kappa shape index (κ2) is 9.75. The third kappa shape index (κ3) is 5.05. The molecule has 6 nitrogen and oxygen atoms in total. The zero-order valence-corrected chi connectivity index (χ0v) is 19.0. The Morgan fingerprint density at radius 3 is 2.81 bits per heavy atom. The van der Waals surface area contributed by atoms with Gasteiger partial charge in [-0.25, -0.2) is 4.98 Å². The molecule has 2 aromatic heterocycles. The first kappa shape index (κ1) is 21.7. The molecule has 3 heterocycles. The lowest BCUT2D eigenvalue weighted by Crippen LogP contribution is -2.41. The van der Waals surface area contributed by atoms with Crippen LogP contribution in [0.15, 0.2) is 46.8 Å². The molecule has 1 unspecified atom stereocenters. The summed E-state index contributed by atoms with van der Waals surface area (Å²) in [5.74, 6) is 0.732. The minimum atomic E-state index is -0.0969. The summed E-state index contributed by atoms with van der Waals surface area (Å²) in [6.45, 7) is 7.31. The monoisotopic (exact) mass is 438 g/mol. The van der Waals surface area contributed by atoms with E-state index in [1.54, 1.807) is 23.7 Å². The molecule has 0 radical (unpaired) electrons. The summed E-state index contributed by atoms with van der Waals surface area (Å²) in [5, 5.41) is 5.80. The number of piperidine rings is 1. The Hall–Kier alpha value is -2.51. The van der Waals surface area contributed by atoms with Gasteiger partial charge in [0.2, 0.25) is 5.91 Å². The minimum absolute atomic E-state index is 0.0387. The van der Waals surface area contributed by atoms with E-state index in [1.165, 1.54) is 22.3 Å². The van der Waals surface area contributed by atoms with Crippen molar-refractivity contribution >= 4 is 28.1 Å². The summed E-state index contributed by atoms with van der Waals surface area (Å²) in [5.41, 5.74) is 1.61. The number of hydrogen-bond donors (Lipinski definition) is 1. The summed E-state index contributed by atoms with van der Waals surface area (Å²) in [4.78, 5) is 33.5. The lowest BCUT2D eigenvalue weighted by atomic mass is 9.97. The Labute approximate surface area is 186 Å². The number of aromatic nitrogens is 2. The van der Waals surface area contributed by atoms with Crippen LogP contribution in [0, 0.1) is 12.8 Å². The second-order valence-electron chi connectivity index (χ2n) is 8.52. The number of rotatable bonds is 7. The van der Waals surface area contributed by atoms with Gasteiger partial charge in [0.05, 0.1) is 23.3 Å². The Morgan fingerprint density at radius 1 is 1.26 bits per heavy atom. The number of benzene rings is 1. The first-order chi connectivity index (χ1) is 15.0. The van der Waals surface area contributed by atoms with Gasteiger partial charge in [0.1, 0.15) is 0 Å². The number of carbonyl (C=O) groups excluding carboxylic acids is 1. The number of para-hydroxylation sites is 1. The normalized spacial score (nSPS) is 16.5. The van der Waals surface area contributed by atoms with Crippen LogP contribution in [0.2, 0.25) is 0 Å². The minimum Gasteiger partial charge on any atom is -0.354 e. The first-order valence-electron chi connectivity index (χ1n) is 11.0. The van der Waals surface area contributed by atoms with Crippen LogP contribution >= 0.6 is 11.3 Å². The molecular weight excluding hydrogens is 408 g/mol. The van der Waals surface area contributed by atoms with Crippen LogP contribution in [-0.2, 0) is 11.3 Å². The van der Waals surface area contributed by atoms with Gasteiger partial charge in [0.15, 0.2) is 0 Å². The van der Waals surface area contributed by atoms with Gasteiger partial charge < -0.3 is 5.32 Å². The third-order valence-electron chi connectivity index (χ3n) is 6.26. The van der Waals surface area contributed by atoms with Crippen LogP contribution in [0.5, 0.6) is 0 Å². The zero-order valence-electron chi connectivity index (χ0n) is 18.2. The molecular formula is C24H30N4O2S. The summed E-state index contributed by atoms with van der Waals surface area (Å²) in [6, 6.07) is 10.0. The molecule has 31 heavy (non-hydrogen) atoms. The van der Waals surface area contributed by atoms with Crippen molar-refractivity contribution in [2.75, 3.05) is 19.6 Å². The van der Waals surface area contributed by atoms with Gasteiger partial charge in [-0.15, -0.1) is 11.3 Å². The fraction of sp³-hybridized carbons (Fsp3) is 0.458. The van der Waals surface area contributed by atoms with Crippen LogP contribution in [0.25, 0.3) is 10.9 Å². The number of amides is 1. The van der Waals surface area contributed by atoms with E-state index in [9.17, 15) is 9.59 Å². The van der Waals surface area contributed by atoms with Crippen molar-refractivity contribution in [2.24, 2.45) is 5.92 Å². The maximum Gasteiger partial charge on any atom is 0.261 e. The van der Waals surface area contributed by atoms with Gasteiger partial charge in [-0.3, -0.25) is 19.1 Å². The zero-order chi connectivity index (χ0) is 21.8. The molecule has 1 aliphatic heterocycles. The fourth-order valence-electron chi connectivity index (χ4n) is 4.25. The second-order valence-corrected chi connectivity index (χ2v) is 9.50. The molecule has 1 atom stereocenters. The number of nitrogens with zero attached hydrogens (tertiary/aromatic N) is 3. The number of carbonyl (C=O) groups is 1. The summed E-state index contributed by atoms with van der Waals surface area (Å²) < 4.78 is 1.53. The summed E-state index contributed by atoms with van der Waals surface area (Å²) in [7, 11) is 0. The standard InChI is InChI=1S/C24H30N4O2S/c1-17-8-11-27(12-9-17)20(21-7-4-14-31-21)15-25-22(29)10-13-28-16-26-23-18(2)5-3-6-19(23)24(28)30/h3-7,14,16-17,20H,8-13,15H2,1-2H3,(H,25,29). The molecule has 1 N–H and O–H groups in total. The molecule has 0 aliphatic carbocycles. The highest BCUT2D eigenvalue weighted by molar-refractivity contribution is 7.10. The van der Waals surface area contributed by atoms with E-state index in [4.69, 9.17) is 0 Å². The largest absolute Gasteiger partial charge is 0.354 e. The highest BCUT2D eigenvalue weighted by atomic mass is 32.1. The van der Waals surface area contributed by atoms with Crippen molar-refractivity contribution in [3.05, 3.63) is 62.8 Å². The van der Waals surface area contributed by atoms with Crippen LogP contribution in [-0.4, -0.2) is 40.0 Å². The van der Waals surface area contributed by atoms with Gasteiger partial charge >= 0.3 is 0 Å². The van der Waals surface area contributed by atoms with Crippen LogP contribution in [0.4, 0.5) is 0 Å².